The van der Waals surface area contributed by atoms with Gasteiger partial charge in [-0.2, -0.15) is 0 Å². The molecule has 1 N–H and O–H groups in total. The molecule has 0 radical (unpaired) electrons. The Labute approximate surface area is 114 Å². The number of halogens is 2. The molecule has 0 spiro atoms. The van der Waals surface area contributed by atoms with Crippen LogP contribution in [0.4, 0.5) is 10.1 Å². The second-order valence-corrected chi connectivity index (χ2v) is 5.56. The summed E-state index contributed by atoms with van der Waals surface area (Å²) in [6.07, 6.45) is 1.68. The number of para-hydroxylation sites is 1. The molecule has 3 rings (SSSR count). The van der Waals surface area contributed by atoms with Crippen molar-refractivity contribution < 1.29 is 4.39 Å². The lowest BCUT2D eigenvalue weighted by molar-refractivity contribution is 0.597. The van der Waals surface area contributed by atoms with Gasteiger partial charge in [-0.05, 0) is 42.2 Å². The molecule has 2 aromatic rings. The Bertz CT molecular complexity index is 557. The summed E-state index contributed by atoms with van der Waals surface area (Å²) in [6, 6.07) is 13.8. The van der Waals surface area contributed by atoms with Crippen LogP contribution >= 0.6 is 15.9 Å². The van der Waals surface area contributed by atoms with E-state index in [1.54, 1.807) is 0 Å². The SMILES string of the molecule is Fc1cc(Br)ccc1CC1Cc2ccccc2N1. The van der Waals surface area contributed by atoms with Gasteiger partial charge in [-0.25, -0.2) is 4.39 Å². The number of benzene rings is 2. The van der Waals surface area contributed by atoms with E-state index in [9.17, 15) is 4.39 Å². The first-order valence-corrected chi connectivity index (χ1v) is 6.80. The molecule has 0 bridgehead atoms. The van der Waals surface area contributed by atoms with Crippen molar-refractivity contribution in [3.05, 3.63) is 63.9 Å². The first kappa shape index (κ1) is 11.7. The molecule has 0 aliphatic carbocycles. The Kier molecular flexibility index (Phi) is 3.08. The fraction of sp³-hybridized carbons (Fsp3) is 0.200. The average Bonchev–Trinajstić information content (AvgIpc) is 2.75. The Morgan fingerprint density at radius 1 is 1.22 bits per heavy atom. The normalized spacial score (nSPS) is 17.3. The molecule has 2 aromatic carbocycles. The van der Waals surface area contributed by atoms with Gasteiger partial charge in [-0.3, -0.25) is 0 Å². The zero-order valence-electron chi connectivity index (χ0n) is 9.79. The molecule has 0 saturated heterocycles. The van der Waals surface area contributed by atoms with E-state index in [1.807, 2.05) is 24.3 Å². The predicted molar refractivity (Wildman–Crippen MR) is 75.4 cm³/mol. The summed E-state index contributed by atoms with van der Waals surface area (Å²) in [4.78, 5) is 0. The molecular weight excluding hydrogens is 293 g/mol. The Hall–Kier alpha value is -1.35. The molecule has 92 valence electrons. The highest BCUT2D eigenvalue weighted by atomic mass is 79.9. The van der Waals surface area contributed by atoms with E-state index in [0.29, 0.717) is 6.42 Å². The molecule has 1 aliphatic rings. The van der Waals surface area contributed by atoms with Gasteiger partial charge in [0.15, 0.2) is 0 Å². The highest BCUT2D eigenvalue weighted by Gasteiger charge is 2.21. The summed E-state index contributed by atoms with van der Waals surface area (Å²) in [5, 5.41) is 3.45. The minimum absolute atomic E-state index is 0.137. The second-order valence-electron chi connectivity index (χ2n) is 4.64. The van der Waals surface area contributed by atoms with E-state index in [0.717, 1.165) is 16.5 Å². The summed E-state index contributed by atoms with van der Waals surface area (Å²) in [7, 11) is 0. The molecule has 1 aliphatic heterocycles. The maximum Gasteiger partial charge on any atom is 0.127 e. The lowest BCUT2D eigenvalue weighted by atomic mass is 10.0. The highest BCUT2D eigenvalue weighted by Crippen LogP contribution is 2.27. The Balaban J connectivity index is 1.76. The van der Waals surface area contributed by atoms with Crippen molar-refractivity contribution in [3.63, 3.8) is 0 Å². The predicted octanol–water partition coefficient (Wildman–Crippen LogP) is 4.17. The smallest absolute Gasteiger partial charge is 0.127 e. The third kappa shape index (κ3) is 2.27. The van der Waals surface area contributed by atoms with Gasteiger partial charge in [0.1, 0.15) is 5.82 Å². The van der Waals surface area contributed by atoms with Crippen LogP contribution in [0.15, 0.2) is 46.9 Å². The van der Waals surface area contributed by atoms with Crippen LogP contribution in [0, 0.1) is 5.82 Å². The maximum absolute atomic E-state index is 13.8. The lowest BCUT2D eigenvalue weighted by Crippen LogP contribution is -2.19. The molecular formula is C15H13BrFN. The summed E-state index contributed by atoms with van der Waals surface area (Å²) < 4.78 is 14.6. The van der Waals surface area contributed by atoms with Crippen LogP contribution in [0.2, 0.25) is 0 Å². The van der Waals surface area contributed by atoms with Crippen molar-refractivity contribution in [3.8, 4) is 0 Å². The van der Waals surface area contributed by atoms with Crippen molar-refractivity contribution >= 4 is 21.6 Å². The molecule has 0 amide bonds. The number of hydrogen-bond acceptors (Lipinski definition) is 1. The molecule has 1 atom stereocenters. The van der Waals surface area contributed by atoms with Gasteiger partial charge in [-0.1, -0.05) is 40.2 Å². The topological polar surface area (TPSA) is 12.0 Å². The van der Waals surface area contributed by atoms with E-state index in [2.05, 4.69) is 33.4 Å². The number of anilines is 1. The standard InChI is InChI=1S/C15H13BrFN/c16-12-6-5-10(14(17)9-12)7-13-8-11-3-1-2-4-15(11)18-13/h1-6,9,13,18H,7-8H2. The van der Waals surface area contributed by atoms with E-state index < -0.39 is 0 Å². The average molecular weight is 306 g/mol. The van der Waals surface area contributed by atoms with Gasteiger partial charge in [-0.15, -0.1) is 0 Å². The van der Waals surface area contributed by atoms with E-state index in [-0.39, 0.29) is 11.9 Å². The van der Waals surface area contributed by atoms with Crippen LogP contribution in [0.5, 0.6) is 0 Å². The first-order chi connectivity index (χ1) is 8.72. The minimum atomic E-state index is -0.137. The van der Waals surface area contributed by atoms with Crippen molar-refractivity contribution in [1.82, 2.24) is 0 Å². The largest absolute Gasteiger partial charge is 0.381 e. The quantitative estimate of drug-likeness (QED) is 0.878. The lowest BCUT2D eigenvalue weighted by Gasteiger charge is -2.12. The number of fused-ring (bicyclic) bond motifs is 1. The van der Waals surface area contributed by atoms with E-state index >= 15 is 0 Å². The van der Waals surface area contributed by atoms with Crippen molar-refractivity contribution in [1.29, 1.82) is 0 Å². The minimum Gasteiger partial charge on any atom is -0.381 e. The number of rotatable bonds is 2. The fourth-order valence-corrected chi connectivity index (χ4v) is 2.78. The molecule has 18 heavy (non-hydrogen) atoms. The van der Waals surface area contributed by atoms with Crippen molar-refractivity contribution in [2.24, 2.45) is 0 Å². The van der Waals surface area contributed by atoms with E-state index in [4.69, 9.17) is 0 Å². The molecule has 1 unspecified atom stereocenters. The number of nitrogens with one attached hydrogen (secondary N) is 1. The van der Waals surface area contributed by atoms with Gasteiger partial charge in [0.2, 0.25) is 0 Å². The third-order valence-corrected chi connectivity index (χ3v) is 3.82. The zero-order chi connectivity index (χ0) is 12.5. The summed E-state index contributed by atoms with van der Waals surface area (Å²) in [6.45, 7) is 0. The van der Waals surface area contributed by atoms with Crippen LogP contribution in [0.1, 0.15) is 11.1 Å². The first-order valence-electron chi connectivity index (χ1n) is 6.01. The van der Waals surface area contributed by atoms with Gasteiger partial charge in [0, 0.05) is 16.2 Å². The number of hydrogen-bond donors (Lipinski definition) is 1. The van der Waals surface area contributed by atoms with Crippen LogP contribution < -0.4 is 5.32 Å². The third-order valence-electron chi connectivity index (χ3n) is 3.32. The Morgan fingerprint density at radius 3 is 2.83 bits per heavy atom. The van der Waals surface area contributed by atoms with Gasteiger partial charge < -0.3 is 5.32 Å². The molecule has 0 aromatic heterocycles. The molecule has 3 heteroatoms. The highest BCUT2D eigenvalue weighted by molar-refractivity contribution is 9.10. The summed E-state index contributed by atoms with van der Waals surface area (Å²) in [5.74, 6) is -0.137. The maximum atomic E-state index is 13.8. The Morgan fingerprint density at radius 2 is 2.06 bits per heavy atom. The van der Waals surface area contributed by atoms with Gasteiger partial charge in [0.25, 0.3) is 0 Å². The van der Waals surface area contributed by atoms with Crippen LogP contribution in [-0.4, -0.2) is 6.04 Å². The molecule has 0 fully saturated rings. The van der Waals surface area contributed by atoms with E-state index in [1.165, 1.54) is 17.3 Å². The van der Waals surface area contributed by atoms with Gasteiger partial charge in [0.05, 0.1) is 0 Å². The molecule has 1 nitrogen and oxygen atoms in total. The van der Waals surface area contributed by atoms with Crippen LogP contribution in [-0.2, 0) is 12.8 Å². The van der Waals surface area contributed by atoms with Crippen LogP contribution in [0.3, 0.4) is 0 Å². The summed E-state index contributed by atoms with van der Waals surface area (Å²) >= 11 is 3.28. The second kappa shape index (κ2) is 4.73. The van der Waals surface area contributed by atoms with Crippen molar-refractivity contribution in [2.45, 2.75) is 18.9 Å². The van der Waals surface area contributed by atoms with Crippen LogP contribution in [0.25, 0.3) is 0 Å². The fourth-order valence-electron chi connectivity index (χ4n) is 2.45. The molecule has 0 saturated carbocycles. The zero-order valence-corrected chi connectivity index (χ0v) is 11.4. The van der Waals surface area contributed by atoms with Crippen molar-refractivity contribution in [2.75, 3.05) is 5.32 Å². The molecule has 1 heterocycles. The summed E-state index contributed by atoms with van der Waals surface area (Å²) in [5.41, 5.74) is 3.27. The van der Waals surface area contributed by atoms with Gasteiger partial charge >= 0.3 is 0 Å². The monoisotopic (exact) mass is 305 g/mol.